The summed E-state index contributed by atoms with van der Waals surface area (Å²) in [7, 11) is 0. The van der Waals surface area contributed by atoms with E-state index in [-0.39, 0.29) is 12.1 Å². The number of aliphatic hydroxyl groups is 1. The third-order valence-electron chi connectivity index (χ3n) is 7.63. The molecule has 0 spiro atoms. The van der Waals surface area contributed by atoms with Crippen molar-refractivity contribution in [2.24, 2.45) is 5.92 Å². The van der Waals surface area contributed by atoms with Gasteiger partial charge >= 0.3 is 0 Å². The van der Waals surface area contributed by atoms with E-state index in [9.17, 15) is 9.90 Å². The van der Waals surface area contributed by atoms with Crippen LogP contribution in [0.1, 0.15) is 30.1 Å². The van der Waals surface area contributed by atoms with Gasteiger partial charge in [0.25, 0.3) is 5.56 Å². The Hall–Kier alpha value is -3.33. The summed E-state index contributed by atoms with van der Waals surface area (Å²) < 4.78 is 0. The van der Waals surface area contributed by atoms with Crippen molar-refractivity contribution < 1.29 is 5.11 Å². The number of halogens is 1. The largest absolute Gasteiger partial charge is 0.387 e. The smallest absolute Gasteiger partial charge is 0.261 e. The molecule has 4 N–H and O–H groups in total. The van der Waals surface area contributed by atoms with E-state index in [1.165, 1.54) is 25.1 Å². The van der Waals surface area contributed by atoms with Gasteiger partial charge in [0.15, 0.2) is 0 Å². The van der Waals surface area contributed by atoms with Crippen LogP contribution in [0.3, 0.4) is 0 Å². The van der Waals surface area contributed by atoms with Crippen molar-refractivity contribution in [2.75, 3.05) is 49.5 Å². The van der Waals surface area contributed by atoms with Gasteiger partial charge in [0, 0.05) is 56.2 Å². The van der Waals surface area contributed by atoms with Gasteiger partial charge in [-0.15, -0.1) is 0 Å². The summed E-state index contributed by atoms with van der Waals surface area (Å²) in [6.07, 6.45) is 3.59. The second-order valence-corrected chi connectivity index (χ2v) is 11.0. The Morgan fingerprint density at radius 3 is 2.74 bits per heavy atom. The van der Waals surface area contributed by atoms with Gasteiger partial charge < -0.3 is 25.3 Å². The maximum absolute atomic E-state index is 12.9. The molecule has 8 nitrogen and oxygen atoms in total. The Morgan fingerprint density at radius 1 is 1.16 bits per heavy atom. The first-order chi connectivity index (χ1) is 18.4. The zero-order chi connectivity index (χ0) is 26.2. The minimum Gasteiger partial charge on any atom is -0.387 e. The fraction of sp³-hybridized carbons (Fsp3) is 0.379. The molecule has 1 saturated heterocycles. The van der Waals surface area contributed by atoms with Crippen molar-refractivity contribution in [3.8, 4) is 11.4 Å². The number of pyridine rings is 1. The van der Waals surface area contributed by atoms with Crippen LogP contribution in [-0.4, -0.2) is 64.2 Å². The summed E-state index contributed by atoms with van der Waals surface area (Å²) in [4.78, 5) is 28.9. The number of hydrogen-bond donors (Lipinski definition) is 4. The first kappa shape index (κ1) is 25.0. The lowest BCUT2D eigenvalue weighted by Crippen LogP contribution is -2.47. The summed E-state index contributed by atoms with van der Waals surface area (Å²) in [5.41, 5.74) is 5.47. The number of aryl methyl sites for hydroxylation is 1. The van der Waals surface area contributed by atoms with Crippen LogP contribution in [0.5, 0.6) is 0 Å². The molecule has 0 bridgehead atoms. The fourth-order valence-corrected chi connectivity index (χ4v) is 5.52. The van der Waals surface area contributed by atoms with Gasteiger partial charge in [-0.25, -0.2) is 4.98 Å². The van der Waals surface area contributed by atoms with E-state index in [1.54, 1.807) is 30.5 Å². The van der Waals surface area contributed by atoms with E-state index < -0.39 is 6.10 Å². The van der Waals surface area contributed by atoms with Crippen molar-refractivity contribution >= 4 is 34.0 Å². The van der Waals surface area contributed by atoms with Gasteiger partial charge in [-0.1, -0.05) is 23.7 Å². The van der Waals surface area contributed by atoms with E-state index in [4.69, 9.17) is 16.6 Å². The van der Waals surface area contributed by atoms with Crippen LogP contribution < -0.4 is 15.8 Å². The average molecular weight is 533 g/mol. The van der Waals surface area contributed by atoms with Gasteiger partial charge in [0.1, 0.15) is 11.4 Å². The normalized spacial score (nSPS) is 17.2. The van der Waals surface area contributed by atoms with Crippen molar-refractivity contribution in [3.05, 3.63) is 75.2 Å². The van der Waals surface area contributed by atoms with Crippen LogP contribution in [0.25, 0.3) is 22.4 Å². The SMILES string of the molecule is Cc1cc(N2CCN(CC3CC3)CC2)cc2[nH]c(-c3c(NC[C@@H](O)c4cccc(Cl)c4)cc[nH]c3=O)nc12. The van der Waals surface area contributed by atoms with Crippen LogP contribution in [0.4, 0.5) is 11.4 Å². The summed E-state index contributed by atoms with van der Waals surface area (Å²) in [5.74, 6) is 1.42. The zero-order valence-corrected chi connectivity index (χ0v) is 22.3. The minimum atomic E-state index is -0.786. The number of rotatable bonds is 8. The molecule has 2 aromatic carbocycles. The van der Waals surface area contributed by atoms with Crippen molar-refractivity contribution in [1.29, 1.82) is 0 Å². The van der Waals surface area contributed by atoms with Crippen LogP contribution in [-0.2, 0) is 0 Å². The number of benzene rings is 2. The number of nitrogens with one attached hydrogen (secondary N) is 3. The molecule has 4 aromatic rings. The van der Waals surface area contributed by atoms with Crippen LogP contribution in [0.2, 0.25) is 5.02 Å². The van der Waals surface area contributed by atoms with Crippen molar-refractivity contribution in [2.45, 2.75) is 25.9 Å². The first-order valence-corrected chi connectivity index (χ1v) is 13.7. The van der Waals surface area contributed by atoms with Crippen LogP contribution >= 0.6 is 11.6 Å². The highest BCUT2D eigenvalue weighted by atomic mass is 35.5. The number of fused-ring (bicyclic) bond motifs is 1. The van der Waals surface area contributed by atoms with Gasteiger partial charge in [-0.05, 0) is 67.1 Å². The van der Waals surface area contributed by atoms with Crippen LogP contribution in [0.15, 0.2) is 53.5 Å². The molecule has 198 valence electrons. The molecule has 6 rings (SSSR count). The highest BCUT2D eigenvalue weighted by Crippen LogP contribution is 2.32. The zero-order valence-electron chi connectivity index (χ0n) is 21.5. The molecule has 38 heavy (non-hydrogen) atoms. The first-order valence-electron chi connectivity index (χ1n) is 13.3. The topological polar surface area (TPSA) is 100 Å². The fourth-order valence-electron chi connectivity index (χ4n) is 5.33. The second kappa shape index (κ2) is 10.4. The lowest BCUT2D eigenvalue weighted by molar-refractivity contribution is 0.191. The van der Waals surface area contributed by atoms with Gasteiger partial charge in [0.05, 0.1) is 22.8 Å². The van der Waals surface area contributed by atoms with Gasteiger partial charge in [0.2, 0.25) is 0 Å². The molecule has 0 amide bonds. The molecule has 2 aliphatic rings. The molecule has 1 aliphatic heterocycles. The Morgan fingerprint density at radius 2 is 1.97 bits per heavy atom. The predicted molar refractivity (Wildman–Crippen MR) is 153 cm³/mol. The number of anilines is 2. The average Bonchev–Trinajstić information content (AvgIpc) is 3.62. The van der Waals surface area contributed by atoms with E-state index >= 15 is 0 Å². The maximum Gasteiger partial charge on any atom is 0.261 e. The number of piperazine rings is 1. The molecule has 0 unspecified atom stereocenters. The Kier molecular flexibility index (Phi) is 6.86. The molecule has 1 saturated carbocycles. The molecule has 9 heteroatoms. The Balaban J connectivity index is 1.23. The number of aliphatic hydroxyl groups excluding tert-OH is 1. The standard InChI is InChI=1S/C29H33ClN6O2/c1-18-13-22(36-11-9-35(10-12-36)17-19-5-6-19)15-24-27(18)34-28(33-24)26-23(7-8-31-29(26)38)32-16-25(37)20-3-2-4-21(30)14-20/h2-4,7-8,13-15,19,25,37H,5-6,9-12,16-17H2,1H3,(H,33,34)(H2,31,32,38)/t25-/m1/s1. The molecular weight excluding hydrogens is 500 g/mol. The van der Waals surface area contributed by atoms with E-state index in [1.807, 2.05) is 6.07 Å². The summed E-state index contributed by atoms with van der Waals surface area (Å²) in [6.45, 7) is 7.74. The predicted octanol–water partition coefficient (Wildman–Crippen LogP) is 4.56. The lowest BCUT2D eigenvalue weighted by atomic mass is 10.1. The monoisotopic (exact) mass is 532 g/mol. The minimum absolute atomic E-state index is 0.215. The number of imidazole rings is 1. The molecule has 0 radical (unpaired) electrons. The van der Waals surface area contributed by atoms with E-state index in [0.717, 1.165) is 48.7 Å². The van der Waals surface area contributed by atoms with E-state index in [0.29, 0.717) is 27.7 Å². The molecule has 2 fully saturated rings. The highest BCUT2D eigenvalue weighted by Gasteiger charge is 2.27. The molecule has 3 heterocycles. The number of aromatic nitrogens is 3. The van der Waals surface area contributed by atoms with Crippen molar-refractivity contribution in [3.63, 3.8) is 0 Å². The Bertz CT molecular complexity index is 1500. The molecule has 2 aromatic heterocycles. The summed E-state index contributed by atoms with van der Waals surface area (Å²) >= 11 is 6.08. The molecular formula is C29H33ClN6O2. The highest BCUT2D eigenvalue weighted by molar-refractivity contribution is 6.30. The quantitative estimate of drug-likeness (QED) is 0.265. The number of nitrogens with zero attached hydrogens (tertiary/aromatic N) is 3. The summed E-state index contributed by atoms with van der Waals surface area (Å²) in [6, 6.07) is 13.3. The van der Waals surface area contributed by atoms with E-state index in [2.05, 4.69) is 44.1 Å². The van der Waals surface area contributed by atoms with Crippen LogP contribution in [0, 0.1) is 12.8 Å². The summed E-state index contributed by atoms with van der Waals surface area (Å²) in [5, 5.41) is 14.5. The molecule has 1 atom stereocenters. The lowest BCUT2D eigenvalue weighted by Gasteiger charge is -2.36. The number of aromatic amines is 2. The molecule has 1 aliphatic carbocycles. The van der Waals surface area contributed by atoms with Gasteiger partial charge in [-0.2, -0.15) is 0 Å². The third kappa shape index (κ3) is 5.29. The maximum atomic E-state index is 12.9. The number of hydrogen-bond acceptors (Lipinski definition) is 6. The van der Waals surface area contributed by atoms with Gasteiger partial charge in [-0.3, -0.25) is 9.69 Å². The second-order valence-electron chi connectivity index (χ2n) is 10.5. The third-order valence-corrected chi connectivity index (χ3v) is 7.86. The Labute approximate surface area is 226 Å². The van der Waals surface area contributed by atoms with Crippen molar-refractivity contribution in [1.82, 2.24) is 19.9 Å². The number of H-pyrrole nitrogens is 2.